The van der Waals surface area contributed by atoms with Gasteiger partial charge in [-0.05, 0) is 47.0 Å². The van der Waals surface area contributed by atoms with Crippen LogP contribution in [-0.2, 0) is 13.2 Å². The van der Waals surface area contributed by atoms with Gasteiger partial charge in [-0.15, -0.1) is 0 Å². The van der Waals surface area contributed by atoms with Crippen LogP contribution in [0, 0.1) is 11.3 Å². The maximum atomic E-state index is 9.49. The van der Waals surface area contributed by atoms with Crippen molar-refractivity contribution in [2.45, 2.75) is 23.1 Å². The van der Waals surface area contributed by atoms with Gasteiger partial charge in [-0.1, -0.05) is 41.6 Å². The van der Waals surface area contributed by atoms with Gasteiger partial charge in [0.15, 0.2) is 0 Å². The molecular formula is C20H16ClN3OS. The number of benzene rings is 2. The first kappa shape index (κ1) is 18.4. The molecule has 0 aliphatic carbocycles. The normalized spacial score (nSPS) is 10.5. The third-order valence-corrected chi connectivity index (χ3v) is 5.56. The number of hydrogen-bond donors (Lipinski definition) is 2. The molecule has 1 aromatic heterocycles. The van der Waals surface area contributed by atoms with Crippen molar-refractivity contribution in [3.8, 4) is 17.2 Å². The Kier molecular flexibility index (Phi) is 5.92. The van der Waals surface area contributed by atoms with Gasteiger partial charge in [0.25, 0.3) is 0 Å². The Bertz CT molecular complexity index is 968. The molecule has 0 amide bonds. The van der Waals surface area contributed by atoms with E-state index in [2.05, 4.69) is 11.1 Å². The second-order valence-electron chi connectivity index (χ2n) is 5.57. The highest BCUT2D eigenvalue weighted by molar-refractivity contribution is 7.99. The molecule has 1 heterocycles. The van der Waals surface area contributed by atoms with Crippen molar-refractivity contribution in [2.24, 2.45) is 5.73 Å². The molecule has 130 valence electrons. The van der Waals surface area contributed by atoms with Gasteiger partial charge in [0.1, 0.15) is 5.03 Å². The van der Waals surface area contributed by atoms with Crippen molar-refractivity contribution in [1.82, 2.24) is 4.98 Å². The Balaban J connectivity index is 2.01. The summed E-state index contributed by atoms with van der Waals surface area (Å²) < 4.78 is 0. The third-order valence-electron chi connectivity index (χ3n) is 3.91. The Hall–Kier alpha value is -2.36. The molecule has 0 atom stereocenters. The van der Waals surface area contributed by atoms with Gasteiger partial charge in [-0.25, -0.2) is 4.98 Å². The third kappa shape index (κ3) is 3.90. The fourth-order valence-electron chi connectivity index (χ4n) is 2.55. The molecule has 0 spiro atoms. The SMILES string of the molecule is N#Cc1ccc(-c2cc(Cl)c(Sc3ncccc3CO)c(CN)c2)cc1. The van der Waals surface area contributed by atoms with E-state index in [1.165, 1.54) is 11.8 Å². The number of nitriles is 1. The zero-order valence-electron chi connectivity index (χ0n) is 13.8. The lowest BCUT2D eigenvalue weighted by atomic mass is 10.0. The summed E-state index contributed by atoms with van der Waals surface area (Å²) in [6.07, 6.45) is 1.68. The van der Waals surface area contributed by atoms with Crippen LogP contribution in [0.4, 0.5) is 0 Å². The minimum absolute atomic E-state index is 0.0882. The lowest BCUT2D eigenvalue weighted by molar-refractivity contribution is 0.278. The van der Waals surface area contributed by atoms with Crippen LogP contribution < -0.4 is 5.73 Å². The fourth-order valence-corrected chi connectivity index (χ4v) is 3.91. The predicted octanol–water partition coefficient (Wildman–Crippen LogP) is 4.38. The van der Waals surface area contributed by atoms with Gasteiger partial charge in [0, 0.05) is 23.2 Å². The smallest absolute Gasteiger partial charge is 0.106 e. The highest BCUT2D eigenvalue weighted by Gasteiger charge is 2.14. The largest absolute Gasteiger partial charge is 0.392 e. The van der Waals surface area contributed by atoms with Crippen LogP contribution in [0.1, 0.15) is 16.7 Å². The fraction of sp³-hybridized carbons (Fsp3) is 0.100. The summed E-state index contributed by atoms with van der Waals surface area (Å²) in [6, 6.07) is 16.9. The number of halogens is 1. The molecule has 0 saturated carbocycles. The standard InChI is InChI=1S/C20H16ClN3OS/c21-18-9-16(14-5-3-13(10-22)4-6-14)8-17(11-23)19(18)26-20-15(12-25)2-1-7-24-20/h1-9,25H,11-12,23H2. The topological polar surface area (TPSA) is 82.9 Å². The maximum absolute atomic E-state index is 9.49. The van der Waals surface area contributed by atoms with Crippen LogP contribution in [0.15, 0.2) is 64.6 Å². The van der Waals surface area contributed by atoms with E-state index in [-0.39, 0.29) is 6.61 Å². The second-order valence-corrected chi connectivity index (χ2v) is 6.97. The average molecular weight is 382 g/mol. The van der Waals surface area contributed by atoms with E-state index >= 15 is 0 Å². The van der Waals surface area contributed by atoms with Crippen LogP contribution >= 0.6 is 23.4 Å². The molecule has 0 bridgehead atoms. The summed E-state index contributed by atoms with van der Waals surface area (Å²) in [5.41, 5.74) is 10.1. The molecule has 2 aromatic carbocycles. The zero-order chi connectivity index (χ0) is 18.5. The van der Waals surface area contributed by atoms with E-state index in [1.807, 2.05) is 30.3 Å². The van der Waals surface area contributed by atoms with E-state index in [4.69, 9.17) is 22.6 Å². The maximum Gasteiger partial charge on any atom is 0.106 e. The van der Waals surface area contributed by atoms with Crippen molar-refractivity contribution in [2.75, 3.05) is 0 Å². The Morgan fingerprint density at radius 3 is 2.54 bits per heavy atom. The monoisotopic (exact) mass is 381 g/mol. The summed E-state index contributed by atoms with van der Waals surface area (Å²) in [7, 11) is 0. The molecule has 0 fully saturated rings. The number of aromatic nitrogens is 1. The van der Waals surface area contributed by atoms with Crippen molar-refractivity contribution in [1.29, 1.82) is 5.26 Å². The van der Waals surface area contributed by atoms with Crippen LogP contribution in [-0.4, -0.2) is 10.1 Å². The average Bonchev–Trinajstić information content (AvgIpc) is 2.69. The molecule has 0 radical (unpaired) electrons. The molecule has 0 aliphatic heterocycles. The van der Waals surface area contributed by atoms with Gasteiger partial charge < -0.3 is 10.8 Å². The van der Waals surface area contributed by atoms with E-state index in [0.717, 1.165) is 27.1 Å². The number of hydrogen-bond acceptors (Lipinski definition) is 5. The van der Waals surface area contributed by atoms with E-state index in [1.54, 1.807) is 24.4 Å². The van der Waals surface area contributed by atoms with Gasteiger partial charge in [-0.3, -0.25) is 0 Å². The summed E-state index contributed by atoms with van der Waals surface area (Å²) >= 11 is 7.95. The number of rotatable bonds is 5. The first-order chi connectivity index (χ1) is 12.7. The van der Waals surface area contributed by atoms with Gasteiger partial charge >= 0.3 is 0 Å². The number of nitrogens with two attached hydrogens (primary N) is 1. The minimum Gasteiger partial charge on any atom is -0.392 e. The van der Waals surface area contributed by atoms with Crippen LogP contribution in [0.25, 0.3) is 11.1 Å². The second kappa shape index (κ2) is 8.35. The molecule has 0 saturated heterocycles. The van der Waals surface area contributed by atoms with Crippen LogP contribution in [0.3, 0.4) is 0 Å². The number of pyridine rings is 1. The van der Waals surface area contributed by atoms with Gasteiger partial charge in [0.2, 0.25) is 0 Å². The Labute approximate surface area is 161 Å². The molecule has 26 heavy (non-hydrogen) atoms. The summed E-state index contributed by atoms with van der Waals surface area (Å²) in [5.74, 6) is 0. The molecule has 0 aliphatic rings. The molecule has 0 unspecified atom stereocenters. The van der Waals surface area contributed by atoms with Crippen molar-refractivity contribution < 1.29 is 5.11 Å². The molecule has 3 N–H and O–H groups in total. The first-order valence-corrected chi connectivity index (χ1v) is 9.11. The first-order valence-electron chi connectivity index (χ1n) is 7.92. The van der Waals surface area contributed by atoms with Crippen LogP contribution in [0.5, 0.6) is 0 Å². The zero-order valence-corrected chi connectivity index (χ0v) is 15.4. The van der Waals surface area contributed by atoms with E-state index < -0.39 is 0 Å². The van der Waals surface area contributed by atoms with E-state index in [0.29, 0.717) is 22.2 Å². The lowest BCUT2D eigenvalue weighted by Crippen LogP contribution is -2.00. The Morgan fingerprint density at radius 2 is 1.88 bits per heavy atom. The number of aliphatic hydroxyl groups is 1. The van der Waals surface area contributed by atoms with Crippen LogP contribution in [0.2, 0.25) is 5.02 Å². The number of aliphatic hydroxyl groups excluding tert-OH is 1. The molecular weight excluding hydrogens is 366 g/mol. The molecule has 3 aromatic rings. The molecule has 3 rings (SSSR count). The highest BCUT2D eigenvalue weighted by atomic mass is 35.5. The van der Waals surface area contributed by atoms with Crippen molar-refractivity contribution in [3.05, 3.63) is 76.4 Å². The lowest BCUT2D eigenvalue weighted by Gasteiger charge is -2.14. The quantitative estimate of drug-likeness (QED) is 0.685. The van der Waals surface area contributed by atoms with E-state index in [9.17, 15) is 5.11 Å². The Morgan fingerprint density at radius 1 is 1.12 bits per heavy atom. The van der Waals surface area contributed by atoms with Gasteiger partial charge in [0.05, 0.1) is 23.3 Å². The summed E-state index contributed by atoms with van der Waals surface area (Å²) in [4.78, 5) is 5.17. The van der Waals surface area contributed by atoms with Gasteiger partial charge in [-0.2, -0.15) is 5.26 Å². The minimum atomic E-state index is -0.0882. The van der Waals surface area contributed by atoms with Crippen molar-refractivity contribution >= 4 is 23.4 Å². The highest BCUT2D eigenvalue weighted by Crippen LogP contribution is 2.39. The summed E-state index contributed by atoms with van der Waals surface area (Å²) in [5, 5.41) is 19.7. The molecule has 4 nitrogen and oxygen atoms in total. The molecule has 6 heteroatoms. The predicted molar refractivity (Wildman–Crippen MR) is 104 cm³/mol. The van der Waals surface area contributed by atoms with Crippen molar-refractivity contribution in [3.63, 3.8) is 0 Å². The number of nitrogens with zero attached hydrogens (tertiary/aromatic N) is 2. The summed E-state index contributed by atoms with van der Waals surface area (Å²) in [6.45, 7) is 0.239.